The SMILES string of the molecule is Cn1ncnc1NC(=O)N1CCCC(CC(=O)O)C1. The molecule has 1 aliphatic rings. The van der Waals surface area contributed by atoms with Crippen LogP contribution in [-0.4, -0.2) is 49.9 Å². The molecule has 0 aromatic carbocycles. The van der Waals surface area contributed by atoms with Crippen molar-refractivity contribution in [1.29, 1.82) is 0 Å². The van der Waals surface area contributed by atoms with Gasteiger partial charge in [-0.15, -0.1) is 0 Å². The summed E-state index contributed by atoms with van der Waals surface area (Å²) in [5.41, 5.74) is 0. The Morgan fingerprint density at radius 3 is 3.00 bits per heavy atom. The molecule has 2 rings (SSSR count). The highest BCUT2D eigenvalue weighted by Gasteiger charge is 2.25. The molecule has 1 atom stereocenters. The Labute approximate surface area is 110 Å². The van der Waals surface area contributed by atoms with Crippen LogP contribution in [0.2, 0.25) is 0 Å². The number of carboxylic acid groups (broad SMARTS) is 1. The summed E-state index contributed by atoms with van der Waals surface area (Å²) in [6.45, 7) is 1.11. The summed E-state index contributed by atoms with van der Waals surface area (Å²) in [7, 11) is 1.69. The molecule has 0 aliphatic carbocycles. The van der Waals surface area contributed by atoms with Gasteiger partial charge in [-0.3, -0.25) is 10.1 Å². The first-order chi connectivity index (χ1) is 9.06. The number of nitrogens with one attached hydrogen (secondary N) is 1. The standard InChI is InChI=1S/C11H17N5O3/c1-15-10(12-7-13-15)14-11(19)16-4-2-3-8(6-16)5-9(17)18/h7-8H,2-6H2,1H3,(H,17,18)(H,12,13,14,19). The molecule has 0 radical (unpaired) electrons. The van der Waals surface area contributed by atoms with Crippen LogP contribution in [0.1, 0.15) is 19.3 Å². The maximum absolute atomic E-state index is 12.0. The Balaban J connectivity index is 1.92. The molecule has 2 amide bonds. The van der Waals surface area contributed by atoms with Crippen LogP contribution in [0.15, 0.2) is 6.33 Å². The predicted octanol–water partition coefficient (Wildman–Crippen LogP) is 0.534. The predicted molar refractivity (Wildman–Crippen MR) is 66.6 cm³/mol. The molecule has 1 unspecified atom stereocenters. The third kappa shape index (κ3) is 3.43. The van der Waals surface area contributed by atoms with Crippen LogP contribution in [-0.2, 0) is 11.8 Å². The Bertz CT molecular complexity index is 473. The maximum Gasteiger partial charge on any atom is 0.324 e. The van der Waals surface area contributed by atoms with Gasteiger partial charge in [-0.1, -0.05) is 0 Å². The van der Waals surface area contributed by atoms with Crippen molar-refractivity contribution >= 4 is 17.9 Å². The molecular formula is C11H17N5O3. The van der Waals surface area contributed by atoms with Gasteiger partial charge in [0.15, 0.2) is 0 Å². The highest BCUT2D eigenvalue weighted by Crippen LogP contribution is 2.20. The van der Waals surface area contributed by atoms with Crippen LogP contribution < -0.4 is 5.32 Å². The monoisotopic (exact) mass is 267 g/mol. The van der Waals surface area contributed by atoms with Gasteiger partial charge >= 0.3 is 12.0 Å². The number of rotatable bonds is 3. The van der Waals surface area contributed by atoms with Crippen molar-refractivity contribution in [2.75, 3.05) is 18.4 Å². The smallest absolute Gasteiger partial charge is 0.324 e. The lowest BCUT2D eigenvalue weighted by atomic mass is 9.95. The van der Waals surface area contributed by atoms with E-state index in [0.29, 0.717) is 19.0 Å². The molecule has 19 heavy (non-hydrogen) atoms. The number of aliphatic carboxylic acids is 1. The van der Waals surface area contributed by atoms with Gasteiger partial charge in [-0.2, -0.15) is 10.1 Å². The zero-order chi connectivity index (χ0) is 13.8. The minimum atomic E-state index is -0.819. The Morgan fingerprint density at radius 1 is 1.58 bits per heavy atom. The van der Waals surface area contributed by atoms with Gasteiger partial charge in [0.05, 0.1) is 0 Å². The van der Waals surface area contributed by atoms with E-state index in [2.05, 4.69) is 15.4 Å². The molecule has 1 aromatic heterocycles. The number of carbonyl (C=O) groups excluding carboxylic acids is 1. The van der Waals surface area contributed by atoms with Crippen LogP contribution in [0.3, 0.4) is 0 Å². The number of carbonyl (C=O) groups is 2. The number of amides is 2. The van der Waals surface area contributed by atoms with Crippen LogP contribution in [0.25, 0.3) is 0 Å². The molecule has 104 valence electrons. The molecular weight excluding hydrogens is 250 g/mol. The number of nitrogens with zero attached hydrogens (tertiary/aromatic N) is 4. The van der Waals surface area contributed by atoms with Crippen molar-refractivity contribution in [3.63, 3.8) is 0 Å². The van der Waals surface area contributed by atoms with Crippen molar-refractivity contribution < 1.29 is 14.7 Å². The van der Waals surface area contributed by atoms with Crippen molar-refractivity contribution in [3.05, 3.63) is 6.33 Å². The third-order valence-corrected chi connectivity index (χ3v) is 3.20. The van der Waals surface area contributed by atoms with Crippen LogP contribution in [0, 0.1) is 5.92 Å². The molecule has 0 spiro atoms. The lowest BCUT2D eigenvalue weighted by Gasteiger charge is -2.31. The molecule has 8 heteroatoms. The van der Waals surface area contributed by atoms with Crippen molar-refractivity contribution in [2.45, 2.75) is 19.3 Å². The van der Waals surface area contributed by atoms with Crippen LogP contribution in [0.4, 0.5) is 10.7 Å². The minimum absolute atomic E-state index is 0.0245. The fourth-order valence-corrected chi connectivity index (χ4v) is 2.25. The highest BCUT2D eigenvalue weighted by atomic mass is 16.4. The summed E-state index contributed by atoms with van der Waals surface area (Å²) < 4.78 is 1.47. The number of urea groups is 1. The van der Waals surface area contributed by atoms with E-state index in [1.165, 1.54) is 11.0 Å². The Kier molecular flexibility index (Phi) is 3.98. The van der Waals surface area contributed by atoms with Gasteiger partial charge in [0.1, 0.15) is 6.33 Å². The lowest BCUT2D eigenvalue weighted by Crippen LogP contribution is -2.43. The first-order valence-electron chi connectivity index (χ1n) is 6.18. The van der Waals surface area contributed by atoms with E-state index >= 15 is 0 Å². The maximum atomic E-state index is 12.0. The fraction of sp³-hybridized carbons (Fsp3) is 0.636. The van der Waals surface area contributed by atoms with Crippen LogP contribution in [0.5, 0.6) is 0 Å². The van der Waals surface area contributed by atoms with E-state index < -0.39 is 5.97 Å². The van der Waals surface area contributed by atoms with Crippen molar-refractivity contribution in [3.8, 4) is 0 Å². The molecule has 0 saturated carbocycles. The summed E-state index contributed by atoms with van der Waals surface area (Å²) in [5.74, 6) is -0.414. The molecule has 1 fully saturated rings. The van der Waals surface area contributed by atoms with Crippen molar-refractivity contribution in [2.24, 2.45) is 13.0 Å². The first kappa shape index (κ1) is 13.3. The number of piperidine rings is 1. The van der Waals surface area contributed by atoms with Gasteiger partial charge in [-0.25, -0.2) is 9.48 Å². The van der Waals surface area contributed by atoms with E-state index in [9.17, 15) is 9.59 Å². The van der Waals surface area contributed by atoms with E-state index in [1.54, 1.807) is 11.9 Å². The normalized spacial score (nSPS) is 19.2. The molecule has 8 nitrogen and oxygen atoms in total. The number of anilines is 1. The number of hydrogen-bond donors (Lipinski definition) is 2. The molecule has 1 saturated heterocycles. The molecule has 1 aliphatic heterocycles. The van der Waals surface area contributed by atoms with Gasteiger partial charge < -0.3 is 10.0 Å². The van der Waals surface area contributed by atoms with E-state index in [-0.39, 0.29) is 18.4 Å². The average Bonchev–Trinajstić information content (AvgIpc) is 2.74. The minimum Gasteiger partial charge on any atom is -0.481 e. The largest absolute Gasteiger partial charge is 0.481 e. The fourth-order valence-electron chi connectivity index (χ4n) is 2.25. The summed E-state index contributed by atoms with van der Waals surface area (Å²) >= 11 is 0. The van der Waals surface area contributed by atoms with Gasteiger partial charge in [0.25, 0.3) is 0 Å². The zero-order valence-corrected chi connectivity index (χ0v) is 10.7. The Hall–Kier alpha value is -2.12. The summed E-state index contributed by atoms with van der Waals surface area (Å²) in [5, 5.41) is 15.3. The summed E-state index contributed by atoms with van der Waals surface area (Å²) in [6.07, 6.45) is 3.14. The summed E-state index contributed by atoms with van der Waals surface area (Å²) in [6, 6.07) is -0.258. The van der Waals surface area contributed by atoms with E-state index in [0.717, 1.165) is 12.8 Å². The Morgan fingerprint density at radius 2 is 2.37 bits per heavy atom. The first-order valence-corrected chi connectivity index (χ1v) is 6.18. The average molecular weight is 267 g/mol. The van der Waals surface area contributed by atoms with E-state index in [4.69, 9.17) is 5.11 Å². The molecule has 2 heterocycles. The second kappa shape index (κ2) is 5.68. The second-order valence-electron chi connectivity index (χ2n) is 4.69. The third-order valence-electron chi connectivity index (χ3n) is 3.20. The molecule has 0 bridgehead atoms. The number of aryl methyl sites for hydroxylation is 1. The topological polar surface area (TPSA) is 100 Å². The van der Waals surface area contributed by atoms with Crippen LogP contribution >= 0.6 is 0 Å². The quantitative estimate of drug-likeness (QED) is 0.832. The zero-order valence-electron chi connectivity index (χ0n) is 10.7. The highest BCUT2D eigenvalue weighted by molar-refractivity contribution is 5.87. The lowest BCUT2D eigenvalue weighted by molar-refractivity contribution is -0.138. The van der Waals surface area contributed by atoms with Gasteiger partial charge in [0.2, 0.25) is 5.95 Å². The summed E-state index contributed by atoms with van der Waals surface area (Å²) in [4.78, 5) is 28.3. The number of likely N-dealkylation sites (tertiary alicyclic amines) is 1. The molecule has 1 aromatic rings. The number of hydrogen-bond acceptors (Lipinski definition) is 4. The molecule has 2 N–H and O–H groups in total. The number of carboxylic acids is 1. The van der Waals surface area contributed by atoms with Gasteiger partial charge in [0, 0.05) is 26.6 Å². The second-order valence-corrected chi connectivity index (χ2v) is 4.69. The van der Waals surface area contributed by atoms with Gasteiger partial charge in [-0.05, 0) is 18.8 Å². The number of aromatic nitrogens is 3. The van der Waals surface area contributed by atoms with Crippen molar-refractivity contribution in [1.82, 2.24) is 19.7 Å². The van der Waals surface area contributed by atoms with E-state index in [1.807, 2.05) is 0 Å².